The summed E-state index contributed by atoms with van der Waals surface area (Å²) < 4.78 is 23.0. The smallest absolute Gasteiger partial charge is 0.156 e. The third kappa shape index (κ3) is 4.24. The lowest BCUT2D eigenvalue weighted by Crippen LogP contribution is -2.31. The summed E-state index contributed by atoms with van der Waals surface area (Å²) in [5, 5.41) is 9.11. The van der Waals surface area contributed by atoms with Crippen LogP contribution in [-0.2, 0) is 9.84 Å². The van der Waals surface area contributed by atoms with Crippen molar-refractivity contribution in [1.82, 2.24) is 0 Å². The van der Waals surface area contributed by atoms with Gasteiger partial charge in [-0.3, -0.25) is 0 Å². The molecule has 96 valence electrons. The van der Waals surface area contributed by atoms with Crippen LogP contribution in [0.25, 0.3) is 0 Å². The van der Waals surface area contributed by atoms with Gasteiger partial charge in [0.25, 0.3) is 0 Å². The molecule has 1 aromatic rings. The Labute approximate surface area is 107 Å². The van der Waals surface area contributed by atoms with E-state index in [2.05, 4.69) is 0 Å². The molecule has 17 heavy (non-hydrogen) atoms. The fraction of sp³-hybridized carbons (Fsp3) is 0.500. The van der Waals surface area contributed by atoms with Gasteiger partial charge in [-0.05, 0) is 45.0 Å². The number of benzene rings is 1. The third-order valence-corrected chi connectivity index (χ3v) is 6.27. The second-order valence-electron chi connectivity index (χ2n) is 4.77. The maximum Gasteiger partial charge on any atom is 0.156 e. The van der Waals surface area contributed by atoms with E-state index in [0.29, 0.717) is 5.75 Å². The number of thioether (sulfide) groups is 1. The summed E-state index contributed by atoms with van der Waals surface area (Å²) in [4.78, 5) is 0.965. The summed E-state index contributed by atoms with van der Waals surface area (Å²) >= 11 is 1.48. The second kappa shape index (κ2) is 5.31. The first-order chi connectivity index (χ1) is 7.72. The van der Waals surface area contributed by atoms with Crippen LogP contribution in [-0.4, -0.2) is 29.8 Å². The monoisotopic (exact) mass is 274 g/mol. The van der Waals surface area contributed by atoms with E-state index >= 15 is 0 Å². The van der Waals surface area contributed by atoms with E-state index in [4.69, 9.17) is 5.11 Å². The molecule has 0 heterocycles. The van der Waals surface area contributed by atoms with Gasteiger partial charge >= 0.3 is 0 Å². The first-order valence-corrected chi connectivity index (χ1v) is 8.00. The molecule has 1 aromatic carbocycles. The maximum atomic E-state index is 11.8. The highest BCUT2D eigenvalue weighted by Gasteiger charge is 2.28. The van der Waals surface area contributed by atoms with Crippen molar-refractivity contribution in [3.63, 3.8) is 0 Å². The van der Waals surface area contributed by atoms with Crippen LogP contribution in [0, 0.1) is 0 Å². The van der Waals surface area contributed by atoms with Gasteiger partial charge in [0, 0.05) is 10.6 Å². The quantitative estimate of drug-likeness (QED) is 0.858. The Bertz CT molecular complexity index is 456. The van der Waals surface area contributed by atoms with Gasteiger partial charge in [0.1, 0.15) is 5.75 Å². The molecule has 0 unspecified atom stereocenters. The van der Waals surface area contributed by atoms with Crippen LogP contribution >= 0.6 is 11.8 Å². The van der Waals surface area contributed by atoms with Crippen molar-refractivity contribution in [3.05, 3.63) is 24.3 Å². The normalized spacial score (nSPS) is 12.6. The van der Waals surface area contributed by atoms with Crippen LogP contribution in [0.5, 0.6) is 5.75 Å². The van der Waals surface area contributed by atoms with Crippen molar-refractivity contribution in [2.24, 2.45) is 0 Å². The highest BCUT2D eigenvalue weighted by Crippen LogP contribution is 2.23. The molecule has 0 atom stereocenters. The largest absolute Gasteiger partial charge is 0.508 e. The van der Waals surface area contributed by atoms with Gasteiger partial charge in [-0.25, -0.2) is 8.42 Å². The molecular weight excluding hydrogens is 256 g/mol. The standard InChI is InChI=1S/C12H18O3S2/c1-12(2,3)17(14,15)9-8-16-11-6-4-10(13)5-7-11/h4-7,13H,8-9H2,1-3H3. The molecule has 0 spiro atoms. The van der Waals surface area contributed by atoms with E-state index in [1.165, 1.54) is 11.8 Å². The summed E-state index contributed by atoms with van der Waals surface area (Å²) in [6.07, 6.45) is 0. The number of rotatable bonds is 4. The van der Waals surface area contributed by atoms with Gasteiger partial charge < -0.3 is 5.11 Å². The lowest BCUT2D eigenvalue weighted by molar-refractivity contribution is 0.475. The molecule has 0 aliphatic carbocycles. The van der Waals surface area contributed by atoms with Gasteiger partial charge in [-0.1, -0.05) is 0 Å². The lowest BCUT2D eigenvalue weighted by atomic mass is 10.3. The average Bonchev–Trinajstić information content (AvgIpc) is 2.19. The second-order valence-corrected chi connectivity index (χ2v) is 8.80. The van der Waals surface area contributed by atoms with Crippen molar-refractivity contribution in [1.29, 1.82) is 0 Å². The van der Waals surface area contributed by atoms with E-state index in [1.807, 2.05) is 0 Å². The van der Waals surface area contributed by atoms with E-state index in [0.717, 1.165) is 4.90 Å². The lowest BCUT2D eigenvalue weighted by Gasteiger charge is -2.18. The Hall–Kier alpha value is -0.680. The summed E-state index contributed by atoms with van der Waals surface area (Å²) in [6.45, 7) is 5.15. The first-order valence-electron chi connectivity index (χ1n) is 5.36. The summed E-state index contributed by atoms with van der Waals surface area (Å²) in [7, 11) is -3.05. The van der Waals surface area contributed by atoms with Gasteiger partial charge in [-0.15, -0.1) is 11.8 Å². The summed E-state index contributed by atoms with van der Waals surface area (Å²) in [6, 6.07) is 6.76. The molecule has 0 bridgehead atoms. The molecule has 3 nitrogen and oxygen atoms in total. The molecule has 0 aromatic heterocycles. The van der Waals surface area contributed by atoms with Gasteiger partial charge in [-0.2, -0.15) is 0 Å². The first kappa shape index (κ1) is 14.4. The Kier molecular flexibility index (Phi) is 4.49. The molecule has 5 heteroatoms. The van der Waals surface area contributed by atoms with Crippen molar-refractivity contribution in [2.45, 2.75) is 30.4 Å². The van der Waals surface area contributed by atoms with Crippen LogP contribution in [0.2, 0.25) is 0 Å². The van der Waals surface area contributed by atoms with Crippen LogP contribution in [0.15, 0.2) is 29.2 Å². The molecule has 0 saturated carbocycles. The van der Waals surface area contributed by atoms with E-state index in [-0.39, 0.29) is 11.5 Å². The molecule has 0 radical (unpaired) electrons. The number of hydrogen-bond donors (Lipinski definition) is 1. The number of phenols is 1. The topological polar surface area (TPSA) is 54.4 Å². The van der Waals surface area contributed by atoms with E-state index < -0.39 is 14.6 Å². The van der Waals surface area contributed by atoms with Gasteiger partial charge in [0.2, 0.25) is 0 Å². The Morgan fingerprint density at radius 3 is 2.18 bits per heavy atom. The predicted octanol–water partition coefficient (Wildman–Crippen LogP) is 2.70. The minimum atomic E-state index is -3.05. The van der Waals surface area contributed by atoms with E-state index in [9.17, 15) is 8.42 Å². The van der Waals surface area contributed by atoms with Crippen LogP contribution in [0.4, 0.5) is 0 Å². The molecule has 0 aliphatic rings. The number of aromatic hydroxyl groups is 1. The Morgan fingerprint density at radius 1 is 1.18 bits per heavy atom. The molecule has 0 aliphatic heterocycles. The molecule has 0 fully saturated rings. The average molecular weight is 274 g/mol. The van der Waals surface area contributed by atoms with Crippen molar-refractivity contribution in [3.8, 4) is 5.75 Å². The number of hydrogen-bond acceptors (Lipinski definition) is 4. The zero-order chi connectivity index (χ0) is 13.1. The number of sulfone groups is 1. The van der Waals surface area contributed by atoms with Crippen molar-refractivity contribution in [2.75, 3.05) is 11.5 Å². The van der Waals surface area contributed by atoms with Gasteiger partial charge in [0.15, 0.2) is 9.84 Å². The highest BCUT2D eigenvalue weighted by atomic mass is 32.2. The third-order valence-electron chi connectivity index (χ3n) is 2.39. The Balaban J connectivity index is 2.52. The summed E-state index contributed by atoms with van der Waals surface area (Å²) in [5.41, 5.74) is 0. The van der Waals surface area contributed by atoms with Crippen molar-refractivity contribution < 1.29 is 13.5 Å². The van der Waals surface area contributed by atoms with E-state index in [1.54, 1.807) is 45.0 Å². The Morgan fingerprint density at radius 2 is 1.71 bits per heavy atom. The minimum Gasteiger partial charge on any atom is -0.508 e. The summed E-state index contributed by atoms with van der Waals surface area (Å²) in [5.74, 6) is 0.920. The van der Waals surface area contributed by atoms with Gasteiger partial charge in [0.05, 0.1) is 10.5 Å². The molecule has 1 N–H and O–H groups in total. The SMILES string of the molecule is CC(C)(C)S(=O)(=O)CCSc1ccc(O)cc1. The predicted molar refractivity (Wildman–Crippen MR) is 72.4 cm³/mol. The minimum absolute atomic E-state index is 0.169. The van der Waals surface area contributed by atoms with Crippen LogP contribution < -0.4 is 0 Å². The molecule has 0 amide bonds. The number of phenolic OH excluding ortho intramolecular Hbond substituents is 1. The molecular formula is C12H18O3S2. The zero-order valence-electron chi connectivity index (χ0n) is 10.3. The van der Waals surface area contributed by atoms with Crippen LogP contribution in [0.1, 0.15) is 20.8 Å². The maximum absolute atomic E-state index is 11.8. The highest BCUT2D eigenvalue weighted by molar-refractivity contribution is 8.01. The fourth-order valence-electron chi connectivity index (χ4n) is 1.12. The molecule has 1 rings (SSSR count). The van der Waals surface area contributed by atoms with Crippen molar-refractivity contribution >= 4 is 21.6 Å². The molecule has 0 saturated heterocycles. The zero-order valence-corrected chi connectivity index (χ0v) is 11.9. The van der Waals surface area contributed by atoms with Crippen LogP contribution in [0.3, 0.4) is 0 Å². The fourth-order valence-corrected chi connectivity index (χ4v) is 3.51.